The summed E-state index contributed by atoms with van der Waals surface area (Å²) in [6.07, 6.45) is 0.797. The maximum atomic E-state index is 11.5. The first kappa shape index (κ1) is 14.7. The van der Waals surface area contributed by atoms with Crippen molar-refractivity contribution in [1.82, 2.24) is 10.6 Å². The van der Waals surface area contributed by atoms with Crippen molar-refractivity contribution in [2.45, 2.75) is 25.8 Å². The first-order valence-electron chi connectivity index (χ1n) is 5.69. The minimum Gasteiger partial charge on any atom is -0.480 e. The summed E-state index contributed by atoms with van der Waals surface area (Å²) in [5.74, 6) is -1.17. The Bertz CT molecular complexity index is 401. The Labute approximate surface area is 110 Å². The predicted molar refractivity (Wildman–Crippen MR) is 70.8 cm³/mol. The molecule has 0 aliphatic carbocycles. The van der Waals surface area contributed by atoms with Crippen LogP contribution in [0, 0.1) is 0 Å². The maximum absolute atomic E-state index is 11.5. The van der Waals surface area contributed by atoms with Crippen molar-refractivity contribution in [3.05, 3.63) is 22.4 Å². The van der Waals surface area contributed by atoms with E-state index in [4.69, 9.17) is 5.11 Å². The van der Waals surface area contributed by atoms with Gasteiger partial charge in [0.25, 0.3) is 0 Å². The summed E-state index contributed by atoms with van der Waals surface area (Å²) in [6.45, 7) is 3.61. The number of carbonyl (C=O) groups excluding carboxylic acids is 1. The molecule has 0 saturated carbocycles. The Morgan fingerprint density at radius 3 is 2.72 bits per heavy atom. The maximum Gasteiger partial charge on any atom is 0.323 e. The molecule has 1 aromatic heterocycles. The highest BCUT2D eigenvalue weighted by Gasteiger charge is 2.26. The Balaban J connectivity index is 2.20. The molecule has 100 valence electrons. The Morgan fingerprint density at radius 1 is 1.44 bits per heavy atom. The van der Waals surface area contributed by atoms with Crippen LogP contribution in [-0.2, 0) is 16.0 Å². The zero-order valence-corrected chi connectivity index (χ0v) is 11.3. The third-order valence-corrected chi connectivity index (χ3v) is 3.44. The van der Waals surface area contributed by atoms with Crippen molar-refractivity contribution < 1.29 is 14.7 Å². The molecule has 1 aromatic rings. The second kappa shape index (κ2) is 6.51. The average molecular weight is 270 g/mol. The molecule has 18 heavy (non-hydrogen) atoms. The lowest BCUT2D eigenvalue weighted by atomic mass is 10.1. The lowest BCUT2D eigenvalue weighted by Crippen LogP contribution is -2.50. The Hall–Kier alpha value is -1.40. The summed E-state index contributed by atoms with van der Waals surface area (Å²) in [4.78, 5) is 23.5. The highest BCUT2D eigenvalue weighted by molar-refractivity contribution is 7.09. The van der Waals surface area contributed by atoms with Crippen LogP contribution >= 0.6 is 11.3 Å². The van der Waals surface area contributed by atoms with Gasteiger partial charge in [-0.1, -0.05) is 6.07 Å². The van der Waals surface area contributed by atoms with Gasteiger partial charge in [0.05, 0.1) is 6.54 Å². The fourth-order valence-corrected chi connectivity index (χ4v) is 1.93. The predicted octanol–water partition coefficient (Wildman–Crippen LogP) is 0.860. The smallest absolute Gasteiger partial charge is 0.323 e. The molecular formula is C12H18N2O3S. The number of carbonyl (C=O) groups is 2. The third-order valence-electron chi connectivity index (χ3n) is 2.50. The first-order chi connectivity index (χ1) is 8.42. The van der Waals surface area contributed by atoms with Crippen LogP contribution in [0.2, 0.25) is 0 Å². The Kier molecular flexibility index (Phi) is 5.30. The molecule has 0 aromatic carbocycles. The monoisotopic (exact) mass is 270 g/mol. The second-order valence-electron chi connectivity index (χ2n) is 4.46. The summed E-state index contributed by atoms with van der Waals surface area (Å²) in [7, 11) is 0. The standard InChI is InChI=1S/C12H18N2O3S/c1-12(2,11(16)17)14-8-10(15)13-6-5-9-4-3-7-18-9/h3-4,7,14H,5-6,8H2,1-2H3,(H,13,15)(H,16,17). The van der Waals surface area contributed by atoms with Crippen LogP contribution in [0.1, 0.15) is 18.7 Å². The molecule has 0 aliphatic rings. The van der Waals surface area contributed by atoms with Crippen molar-refractivity contribution in [2.75, 3.05) is 13.1 Å². The zero-order valence-electron chi connectivity index (χ0n) is 10.5. The molecule has 1 amide bonds. The first-order valence-corrected chi connectivity index (χ1v) is 6.57. The summed E-state index contributed by atoms with van der Waals surface area (Å²) in [5, 5.41) is 16.3. The van der Waals surface area contributed by atoms with E-state index in [0.29, 0.717) is 6.54 Å². The van der Waals surface area contributed by atoms with E-state index in [1.165, 1.54) is 18.7 Å². The highest BCUT2D eigenvalue weighted by atomic mass is 32.1. The summed E-state index contributed by atoms with van der Waals surface area (Å²) < 4.78 is 0. The largest absolute Gasteiger partial charge is 0.480 e. The molecule has 3 N–H and O–H groups in total. The van der Waals surface area contributed by atoms with E-state index in [0.717, 1.165) is 6.42 Å². The molecule has 1 rings (SSSR count). The van der Waals surface area contributed by atoms with Crippen molar-refractivity contribution in [2.24, 2.45) is 0 Å². The van der Waals surface area contributed by atoms with E-state index in [-0.39, 0.29) is 12.5 Å². The number of nitrogens with one attached hydrogen (secondary N) is 2. The number of hydrogen-bond donors (Lipinski definition) is 3. The molecule has 0 spiro atoms. The van der Waals surface area contributed by atoms with E-state index in [1.807, 2.05) is 17.5 Å². The van der Waals surface area contributed by atoms with Crippen molar-refractivity contribution in [3.8, 4) is 0 Å². The number of carboxylic acids is 1. The normalized spacial score (nSPS) is 11.2. The SMILES string of the molecule is CC(C)(NCC(=O)NCCc1cccs1)C(=O)O. The van der Waals surface area contributed by atoms with Gasteiger partial charge in [0.2, 0.25) is 5.91 Å². The van der Waals surface area contributed by atoms with Crippen molar-refractivity contribution >= 4 is 23.2 Å². The van der Waals surface area contributed by atoms with Gasteiger partial charge in [0.15, 0.2) is 0 Å². The lowest BCUT2D eigenvalue weighted by molar-refractivity contribution is -0.143. The fraction of sp³-hybridized carbons (Fsp3) is 0.500. The average Bonchev–Trinajstić information content (AvgIpc) is 2.79. The molecule has 0 aliphatic heterocycles. The van der Waals surface area contributed by atoms with E-state index < -0.39 is 11.5 Å². The molecule has 0 atom stereocenters. The number of aliphatic carboxylic acids is 1. The van der Waals surface area contributed by atoms with Crippen LogP contribution in [0.15, 0.2) is 17.5 Å². The Morgan fingerprint density at radius 2 is 2.17 bits per heavy atom. The van der Waals surface area contributed by atoms with E-state index in [1.54, 1.807) is 11.3 Å². The fourth-order valence-electron chi connectivity index (χ4n) is 1.22. The van der Waals surface area contributed by atoms with Gasteiger partial charge >= 0.3 is 5.97 Å². The van der Waals surface area contributed by atoms with Gasteiger partial charge in [0.1, 0.15) is 5.54 Å². The van der Waals surface area contributed by atoms with Gasteiger partial charge in [-0.05, 0) is 31.7 Å². The van der Waals surface area contributed by atoms with Gasteiger partial charge in [-0.15, -0.1) is 11.3 Å². The van der Waals surface area contributed by atoms with Crippen LogP contribution in [-0.4, -0.2) is 35.6 Å². The number of rotatable bonds is 7. The van der Waals surface area contributed by atoms with Crippen LogP contribution in [0.4, 0.5) is 0 Å². The molecule has 0 saturated heterocycles. The van der Waals surface area contributed by atoms with Crippen LogP contribution in [0.3, 0.4) is 0 Å². The van der Waals surface area contributed by atoms with Gasteiger partial charge in [-0.3, -0.25) is 14.9 Å². The lowest BCUT2D eigenvalue weighted by Gasteiger charge is -2.20. The van der Waals surface area contributed by atoms with Crippen molar-refractivity contribution in [1.29, 1.82) is 0 Å². The van der Waals surface area contributed by atoms with Crippen molar-refractivity contribution in [3.63, 3.8) is 0 Å². The highest BCUT2D eigenvalue weighted by Crippen LogP contribution is 2.08. The number of carboxylic acid groups (broad SMARTS) is 1. The van der Waals surface area contributed by atoms with Gasteiger partial charge in [-0.25, -0.2) is 0 Å². The quantitative estimate of drug-likeness (QED) is 0.686. The topological polar surface area (TPSA) is 78.4 Å². The molecule has 0 fully saturated rings. The molecule has 6 heteroatoms. The third kappa shape index (κ3) is 4.85. The molecular weight excluding hydrogens is 252 g/mol. The second-order valence-corrected chi connectivity index (χ2v) is 5.50. The van der Waals surface area contributed by atoms with Crippen LogP contribution in [0.25, 0.3) is 0 Å². The summed E-state index contributed by atoms with van der Waals surface area (Å²) in [6, 6.07) is 3.99. The molecule has 1 heterocycles. The summed E-state index contributed by atoms with van der Waals surface area (Å²) in [5.41, 5.74) is -1.09. The van der Waals surface area contributed by atoms with Crippen LogP contribution in [0.5, 0.6) is 0 Å². The number of hydrogen-bond acceptors (Lipinski definition) is 4. The van der Waals surface area contributed by atoms with Gasteiger partial charge in [-0.2, -0.15) is 0 Å². The van der Waals surface area contributed by atoms with E-state index in [9.17, 15) is 9.59 Å². The molecule has 0 radical (unpaired) electrons. The molecule has 5 nitrogen and oxygen atoms in total. The van der Waals surface area contributed by atoms with E-state index in [2.05, 4.69) is 10.6 Å². The van der Waals surface area contributed by atoms with E-state index >= 15 is 0 Å². The summed E-state index contributed by atoms with van der Waals surface area (Å²) >= 11 is 1.65. The minimum absolute atomic E-state index is 0.00371. The number of thiophene rings is 1. The zero-order chi connectivity index (χ0) is 13.6. The molecule has 0 unspecified atom stereocenters. The minimum atomic E-state index is -1.09. The van der Waals surface area contributed by atoms with Crippen LogP contribution < -0.4 is 10.6 Å². The number of amides is 1. The van der Waals surface area contributed by atoms with Gasteiger partial charge in [0, 0.05) is 11.4 Å². The molecule has 0 bridgehead atoms. The van der Waals surface area contributed by atoms with Gasteiger partial charge < -0.3 is 10.4 Å².